The second kappa shape index (κ2) is 5.99. The van der Waals surface area contributed by atoms with E-state index in [4.69, 9.17) is 5.11 Å². The fraction of sp³-hybridized carbons (Fsp3) is 0.200. The molecule has 0 amide bonds. The lowest BCUT2D eigenvalue weighted by atomic mass is 10.1. The number of hydrogen-bond donors (Lipinski definition) is 1. The van der Waals surface area contributed by atoms with Crippen molar-refractivity contribution >= 4 is 9.84 Å². The van der Waals surface area contributed by atoms with E-state index in [2.05, 4.69) is 0 Å². The molecule has 2 rings (SSSR count). The van der Waals surface area contributed by atoms with E-state index in [1.165, 1.54) is 0 Å². The second-order valence-electron chi connectivity index (χ2n) is 4.25. The molecule has 2 aromatic carbocycles. The number of aliphatic hydroxyl groups excluding tert-OH is 1. The standard InChI is InChI=1S/C15H16O3S/c16-12-6-8-13-7-4-5-11-15(13)19(17,18)14-9-2-1-3-10-14/h1-5,7,9-11,16H,6,8,12H2. The van der Waals surface area contributed by atoms with Gasteiger partial charge in [0.2, 0.25) is 9.84 Å². The zero-order valence-electron chi connectivity index (χ0n) is 10.5. The van der Waals surface area contributed by atoms with Crippen LogP contribution in [-0.2, 0) is 16.3 Å². The molecule has 0 heterocycles. The van der Waals surface area contributed by atoms with E-state index in [1.54, 1.807) is 48.5 Å². The summed E-state index contributed by atoms with van der Waals surface area (Å²) in [6.45, 7) is 0.0553. The number of benzene rings is 2. The van der Waals surface area contributed by atoms with E-state index in [-0.39, 0.29) is 6.61 Å². The van der Waals surface area contributed by atoms with Crippen LogP contribution in [0.25, 0.3) is 0 Å². The predicted octanol–water partition coefficient (Wildman–Crippen LogP) is 2.44. The molecule has 2 aromatic rings. The maximum absolute atomic E-state index is 12.6. The van der Waals surface area contributed by atoms with Crippen molar-refractivity contribution in [2.75, 3.05) is 6.61 Å². The van der Waals surface area contributed by atoms with Gasteiger partial charge in [0.25, 0.3) is 0 Å². The van der Waals surface area contributed by atoms with E-state index in [9.17, 15) is 8.42 Å². The van der Waals surface area contributed by atoms with E-state index < -0.39 is 9.84 Å². The molecule has 0 bridgehead atoms. The highest BCUT2D eigenvalue weighted by Crippen LogP contribution is 2.24. The van der Waals surface area contributed by atoms with Gasteiger partial charge < -0.3 is 5.11 Å². The molecule has 100 valence electrons. The zero-order valence-corrected chi connectivity index (χ0v) is 11.3. The first-order valence-electron chi connectivity index (χ1n) is 6.15. The minimum absolute atomic E-state index is 0.0553. The molecule has 0 aliphatic carbocycles. The second-order valence-corrected chi connectivity index (χ2v) is 6.17. The Kier molecular flexibility index (Phi) is 4.35. The van der Waals surface area contributed by atoms with Crippen LogP contribution in [0.5, 0.6) is 0 Å². The Hall–Kier alpha value is -1.65. The molecular weight excluding hydrogens is 260 g/mol. The number of aryl methyl sites for hydroxylation is 1. The third-order valence-corrected chi connectivity index (χ3v) is 4.79. The van der Waals surface area contributed by atoms with Crippen LogP contribution in [-0.4, -0.2) is 20.1 Å². The third kappa shape index (κ3) is 3.03. The summed E-state index contributed by atoms with van der Waals surface area (Å²) in [5.41, 5.74) is 0.750. The highest BCUT2D eigenvalue weighted by molar-refractivity contribution is 7.91. The maximum Gasteiger partial charge on any atom is 0.206 e. The first kappa shape index (κ1) is 13.8. The lowest BCUT2D eigenvalue weighted by Crippen LogP contribution is -2.06. The quantitative estimate of drug-likeness (QED) is 0.912. The molecule has 0 aliphatic rings. The summed E-state index contributed by atoms with van der Waals surface area (Å²) in [6, 6.07) is 15.4. The minimum atomic E-state index is -3.48. The molecule has 0 saturated carbocycles. The smallest absolute Gasteiger partial charge is 0.206 e. The van der Waals surface area contributed by atoms with Crippen molar-refractivity contribution in [3.8, 4) is 0 Å². The molecule has 0 unspecified atom stereocenters. The number of aliphatic hydroxyl groups is 1. The maximum atomic E-state index is 12.6. The van der Waals surface area contributed by atoms with Crippen molar-refractivity contribution in [1.82, 2.24) is 0 Å². The van der Waals surface area contributed by atoms with Gasteiger partial charge >= 0.3 is 0 Å². The van der Waals surface area contributed by atoms with Gasteiger partial charge in [-0.15, -0.1) is 0 Å². The van der Waals surface area contributed by atoms with Crippen LogP contribution < -0.4 is 0 Å². The van der Waals surface area contributed by atoms with Crippen LogP contribution in [0.15, 0.2) is 64.4 Å². The number of rotatable bonds is 5. The molecule has 0 aliphatic heterocycles. The van der Waals surface area contributed by atoms with Crippen LogP contribution >= 0.6 is 0 Å². The minimum Gasteiger partial charge on any atom is -0.396 e. The summed E-state index contributed by atoms with van der Waals surface area (Å²) in [4.78, 5) is 0.626. The molecule has 4 heteroatoms. The van der Waals surface area contributed by atoms with Crippen molar-refractivity contribution < 1.29 is 13.5 Å². The van der Waals surface area contributed by atoms with Crippen molar-refractivity contribution in [3.05, 3.63) is 60.2 Å². The van der Waals surface area contributed by atoms with Gasteiger partial charge in [-0.3, -0.25) is 0 Å². The summed E-state index contributed by atoms with van der Waals surface area (Å²) in [5.74, 6) is 0. The normalized spacial score (nSPS) is 11.4. The molecule has 1 N–H and O–H groups in total. The fourth-order valence-corrected chi connectivity index (χ4v) is 3.51. The largest absolute Gasteiger partial charge is 0.396 e. The van der Waals surface area contributed by atoms with Crippen molar-refractivity contribution in [3.63, 3.8) is 0 Å². The van der Waals surface area contributed by atoms with Gasteiger partial charge in [-0.05, 0) is 36.6 Å². The molecule has 0 saturated heterocycles. The van der Waals surface area contributed by atoms with Crippen LogP contribution in [0.2, 0.25) is 0 Å². The summed E-state index contributed by atoms with van der Waals surface area (Å²) >= 11 is 0. The molecule has 0 aromatic heterocycles. The first-order chi connectivity index (χ1) is 9.16. The molecule has 0 radical (unpaired) electrons. The molecule has 19 heavy (non-hydrogen) atoms. The van der Waals surface area contributed by atoms with Gasteiger partial charge in [0, 0.05) is 6.61 Å². The summed E-state index contributed by atoms with van der Waals surface area (Å²) < 4.78 is 25.1. The molecule has 3 nitrogen and oxygen atoms in total. The highest BCUT2D eigenvalue weighted by atomic mass is 32.2. The van der Waals surface area contributed by atoms with Gasteiger partial charge in [-0.25, -0.2) is 8.42 Å². The predicted molar refractivity (Wildman–Crippen MR) is 73.7 cm³/mol. The summed E-state index contributed by atoms with van der Waals surface area (Å²) in [7, 11) is -3.48. The Morgan fingerprint density at radius 3 is 2.21 bits per heavy atom. The molecule has 0 spiro atoms. The zero-order chi connectivity index (χ0) is 13.7. The van der Waals surface area contributed by atoms with Gasteiger partial charge in [-0.1, -0.05) is 36.4 Å². The average Bonchev–Trinajstić information content (AvgIpc) is 2.46. The van der Waals surface area contributed by atoms with E-state index in [0.29, 0.717) is 22.6 Å². The lowest BCUT2D eigenvalue weighted by Gasteiger charge is -2.10. The Bertz CT molecular complexity index is 633. The summed E-state index contributed by atoms with van der Waals surface area (Å²) in [6.07, 6.45) is 1.11. The Morgan fingerprint density at radius 2 is 1.53 bits per heavy atom. The van der Waals surface area contributed by atoms with Crippen LogP contribution in [0, 0.1) is 0 Å². The van der Waals surface area contributed by atoms with Crippen LogP contribution in [0.3, 0.4) is 0 Å². The summed E-state index contributed by atoms with van der Waals surface area (Å²) in [5, 5.41) is 8.89. The third-order valence-electron chi connectivity index (χ3n) is 2.92. The van der Waals surface area contributed by atoms with Gasteiger partial charge in [0.05, 0.1) is 9.79 Å². The van der Waals surface area contributed by atoms with Crippen molar-refractivity contribution in [1.29, 1.82) is 0 Å². The molecular formula is C15H16O3S. The topological polar surface area (TPSA) is 54.4 Å². The molecule has 0 fully saturated rings. The Balaban J connectivity index is 2.47. The van der Waals surface area contributed by atoms with Crippen molar-refractivity contribution in [2.24, 2.45) is 0 Å². The average molecular weight is 276 g/mol. The van der Waals surface area contributed by atoms with Gasteiger partial charge in [0.15, 0.2) is 0 Å². The van der Waals surface area contributed by atoms with Gasteiger partial charge in [0.1, 0.15) is 0 Å². The SMILES string of the molecule is O=S(=O)(c1ccccc1)c1ccccc1CCCO. The van der Waals surface area contributed by atoms with E-state index in [1.807, 2.05) is 6.07 Å². The highest BCUT2D eigenvalue weighted by Gasteiger charge is 2.20. The van der Waals surface area contributed by atoms with Crippen LogP contribution in [0.1, 0.15) is 12.0 Å². The Labute approximate surface area is 113 Å². The first-order valence-corrected chi connectivity index (χ1v) is 7.63. The van der Waals surface area contributed by atoms with Crippen LogP contribution in [0.4, 0.5) is 0 Å². The lowest BCUT2D eigenvalue weighted by molar-refractivity contribution is 0.288. The fourth-order valence-electron chi connectivity index (χ4n) is 1.97. The number of hydrogen-bond acceptors (Lipinski definition) is 3. The van der Waals surface area contributed by atoms with E-state index >= 15 is 0 Å². The number of sulfone groups is 1. The van der Waals surface area contributed by atoms with Crippen molar-refractivity contribution in [2.45, 2.75) is 22.6 Å². The van der Waals surface area contributed by atoms with Gasteiger partial charge in [-0.2, -0.15) is 0 Å². The Morgan fingerprint density at radius 1 is 0.895 bits per heavy atom. The molecule has 0 atom stereocenters. The van der Waals surface area contributed by atoms with E-state index in [0.717, 1.165) is 5.56 Å². The monoisotopic (exact) mass is 276 g/mol.